The first kappa shape index (κ1) is 20.7. The van der Waals surface area contributed by atoms with Gasteiger partial charge in [0.05, 0.1) is 5.39 Å². The standard InChI is InChI=1S/C21H23ClN6O/c1-23-18(20-19-17(8-9-24-20)21(29)26-14-25-19)13-28(3)11-10-27(2)12-15-4-6-16(22)7-5-15/h4-9,13-14H,1,10-12H2,2-3H3,(H,25,26,29)/b18-13-. The van der Waals surface area contributed by atoms with Gasteiger partial charge in [-0.25, -0.2) is 9.97 Å². The van der Waals surface area contributed by atoms with Crippen molar-refractivity contribution in [2.24, 2.45) is 4.99 Å². The summed E-state index contributed by atoms with van der Waals surface area (Å²) >= 11 is 5.94. The van der Waals surface area contributed by atoms with E-state index in [0.717, 1.165) is 24.7 Å². The number of nitrogens with zero attached hydrogens (tertiary/aromatic N) is 6. The van der Waals surface area contributed by atoms with Gasteiger partial charge in [0.25, 0.3) is 0 Å². The summed E-state index contributed by atoms with van der Waals surface area (Å²) in [6, 6.07) is 9.54. The molecule has 29 heavy (non-hydrogen) atoms. The normalized spacial score (nSPS) is 11.8. The van der Waals surface area contributed by atoms with Crippen molar-refractivity contribution in [3.8, 4) is 5.88 Å². The quantitative estimate of drug-likeness (QED) is 0.573. The first-order chi connectivity index (χ1) is 14.0. The number of benzene rings is 1. The fourth-order valence-corrected chi connectivity index (χ4v) is 3.05. The van der Waals surface area contributed by atoms with E-state index in [-0.39, 0.29) is 5.88 Å². The molecule has 150 valence electrons. The molecule has 1 aromatic carbocycles. The molecule has 0 fully saturated rings. The van der Waals surface area contributed by atoms with Gasteiger partial charge in [0.1, 0.15) is 23.2 Å². The summed E-state index contributed by atoms with van der Waals surface area (Å²) in [7, 11) is 4.05. The zero-order valence-electron chi connectivity index (χ0n) is 16.5. The van der Waals surface area contributed by atoms with Crippen molar-refractivity contribution in [3.63, 3.8) is 0 Å². The molecule has 3 aromatic rings. The fraction of sp³-hybridized carbons (Fsp3) is 0.238. The van der Waals surface area contributed by atoms with Crippen molar-refractivity contribution in [2.45, 2.75) is 6.54 Å². The third-order valence-electron chi connectivity index (χ3n) is 4.49. The largest absolute Gasteiger partial charge is 0.493 e. The average molecular weight is 411 g/mol. The van der Waals surface area contributed by atoms with E-state index in [4.69, 9.17) is 11.6 Å². The van der Waals surface area contributed by atoms with Crippen molar-refractivity contribution in [1.82, 2.24) is 24.8 Å². The van der Waals surface area contributed by atoms with Gasteiger partial charge in [0.2, 0.25) is 5.88 Å². The number of aliphatic imine (C=N–C) groups is 1. The minimum Gasteiger partial charge on any atom is -0.493 e. The van der Waals surface area contributed by atoms with Crippen LogP contribution in [0.25, 0.3) is 16.6 Å². The van der Waals surface area contributed by atoms with Gasteiger partial charge in [0.15, 0.2) is 0 Å². The Morgan fingerprint density at radius 3 is 2.62 bits per heavy atom. The summed E-state index contributed by atoms with van der Waals surface area (Å²) in [5.74, 6) is -0.0840. The van der Waals surface area contributed by atoms with Crippen LogP contribution in [0.2, 0.25) is 5.02 Å². The topological polar surface area (TPSA) is 77.7 Å². The van der Waals surface area contributed by atoms with E-state index >= 15 is 0 Å². The van der Waals surface area contributed by atoms with Crippen LogP contribution < -0.4 is 0 Å². The Kier molecular flexibility index (Phi) is 6.74. The monoisotopic (exact) mass is 410 g/mol. The van der Waals surface area contributed by atoms with Gasteiger partial charge >= 0.3 is 0 Å². The molecule has 0 saturated heterocycles. The number of likely N-dealkylation sites (N-methyl/N-ethyl adjacent to an activating group) is 2. The van der Waals surface area contributed by atoms with E-state index in [1.54, 1.807) is 12.3 Å². The van der Waals surface area contributed by atoms with E-state index in [2.05, 4.69) is 38.6 Å². The maximum absolute atomic E-state index is 9.95. The van der Waals surface area contributed by atoms with Gasteiger partial charge in [-0.3, -0.25) is 9.98 Å². The minimum atomic E-state index is -0.0840. The molecule has 0 atom stereocenters. The Labute approximate surface area is 175 Å². The number of halogens is 1. The Morgan fingerprint density at radius 1 is 1.14 bits per heavy atom. The van der Waals surface area contributed by atoms with E-state index in [0.29, 0.717) is 22.3 Å². The summed E-state index contributed by atoms with van der Waals surface area (Å²) in [6.07, 6.45) is 4.78. The first-order valence-electron chi connectivity index (χ1n) is 9.08. The SMILES string of the molecule is C=N/C(=C\N(C)CCN(C)Cc1ccc(Cl)cc1)c1nccc2c(O)ncnc12. The molecule has 3 rings (SSSR count). The lowest BCUT2D eigenvalue weighted by Gasteiger charge is -2.21. The molecular formula is C21H23ClN6O. The van der Waals surface area contributed by atoms with Crippen LogP contribution >= 0.6 is 11.6 Å². The lowest BCUT2D eigenvalue weighted by Crippen LogP contribution is -2.28. The first-order valence-corrected chi connectivity index (χ1v) is 9.46. The molecule has 0 amide bonds. The van der Waals surface area contributed by atoms with Crippen LogP contribution in [-0.4, -0.2) is 63.8 Å². The Bertz CT molecular complexity index is 1020. The number of aromatic hydroxyl groups is 1. The number of aromatic nitrogens is 3. The van der Waals surface area contributed by atoms with Crippen molar-refractivity contribution < 1.29 is 5.11 Å². The molecule has 1 N–H and O–H groups in total. The molecule has 0 radical (unpaired) electrons. The van der Waals surface area contributed by atoms with Crippen molar-refractivity contribution >= 4 is 34.9 Å². The highest BCUT2D eigenvalue weighted by atomic mass is 35.5. The van der Waals surface area contributed by atoms with Crippen LogP contribution in [0.1, 0.15) is 11.3 Å². The molecule has 0 spiro atoms. The Balaban J connectivity index is 1.69. The van der Waals surface area contributed by atoms with Crippen LogP contribution in [0.15, 0.2) is 54.0 Å². The van der Waals surface area contributed by atoms with Crippen molar-refractivity contribution in [2.75, 3.05) is 27.2 Å². The van der Waals surface area contributed by atoms with E-state index in [1.807, 2.05) is 42.4 Å². The van der Waals surface area contributed by atoms with Gasteiger partial charge in [-0.2, -0.15) is 0 Å². The highest BCUT2D eigenvalue weighted by Crippen LogP contribution is 2.26. The van der Waals surface area contributed by atoms with Gasteiger partial charge in [-0.15, -0.1) is 0 Å². The lowest BCUT2D eigenvalue weighted by molar-refractivity contribution is 0.288. The average Bonchev–Trinajstić information content (AvgIpc) is 2.72. The number of fused-ring (bicyclic) bond motifs is 1. The molecule has 0 saturated carbocycles. The molecule has 0 bridgehead atoms. The van der Waals surface area contributed by atoms with Crippen LogP contribution in [0, 0.1) is 0 Å². The van der Waals surface area contributed by atoms with Gasteiger partial charge in [0, 0.05) is 44.1 Å². The van der Waals surface area contributed by atoms with Crippen LogP contribution in [0.4, 0.5) is 0 Å². The molecule has 0 unspecified atom stereocenters. The number of hydrogen-bond donors (Lipinski definition) is 1. The molecule has 8 heteroatoms. The molecular weight excluding hydrogens is 388 g/mol. The van der Waals surface area contributed by atoms with Crippen LogP contribution in [-0.2, 0) is 6.54 Å². The van der Waals surface area contributed by atoms with Crippen LogP contribution in [0.5, 0.6) is 5.88 Å². The minimum absolute atomic E-state index is 0.0840. The third kappa shape index (κ3) is 5.28. The highest BCUT2D eigenvalue weighted by molar-refractivity contribution is 6.30. The molecule has 0 aliphatic heterocycles. The predicted molar refractivity (Wildman–Crippen MR) is 117 cm³/mol. The zero-order valence-corrected chi connectivity index (χ0v) is 17.2. The van der Waals surface area contributed by atoms with Crippen LogP contribution in [0.3, 0.4) is 0 Å². The Hall–Kier alpha value is -3.03. The second kappa shape index (κ2) is 9.45. The summed E-state index contributed by atoms with van der Waals surface area (Å²) < 4.78 is 0. The molecule has 0 aliphatic carbocycles. The van der Waals surface area contributed by atoms with Gasteiger partial charge < -0.3 is 14.9 Å². The third-order valence-corrected chi connectivity index (χ3v) is 4.74. The summed E-state index contributed by atoms with van der Waals surface area (Å²) in [5.41, 5.74) is 2.88. The van der Waals surface area contributed by atoms with Crippen molar-refractivity contribution in [3.05, 3.63) is 65.3 Å². The number of pyridine rings is 1. The summed E-state index contributed by atoms with van der Waals surface area (Å²) in [4.78, 5) is 20.8. The maximum atomic E-state index is 9.95. The van der Waals surface area contributed by atoms with E-state index in [1.165, 1.54) is 11.9 Å². The van der Waals surface area contributed by atoms with Crippen molar-refractivity contribution in [1.29, 1.82) is 0 Å². The van der Waals surface area contributed by atoms with E-state index < -0.39 is 0 Å². The predicted octanol–water partition coefficient (Wildman–Crippen LogP) is 3.45. The summed E-state index contributed by atoms with van der Waals surface area (Å²) in [6.45, 7) is 6.14. The Morgan fingerprint density at radius 2 is 1.90 bits per heavy atom. The summed E-state index contributed by atoms with van der Waals surface area (Å²) in [5, 5.41) is 11.2. The van der Waals surface area contributed by atoms with E-state index in [9.17, 15) is 5.11 Å². The number of hydrogen-bond acceptors (Lipinski definition) is 7. The van der Waals surface area contributed by atoms with Gasteiger partial charge in [-0.05, 0) is 37.5 Å². The molecule has 2 heterocycles. The lowest BCUT2D eigenvalue weighted by atomic mass is 10.2. The molecule has 2 aromatic heterocycles. The maximum Gasteiger partial charge on any atom is 0.222 e. The highest BCUT2D eigenvalue weighted by Gasteiger charge is 2.12. The molecule has 0 aliphatic rings. The zero-order chi connectivity index (χ0) is 20.8. The molecule has 7 nitrogen and oxygen atoms in total. The smallest absolute Gasteiger partial charge is 0.222 e. The fourth-order valence-electron chi connectivity index (χ4n) is 2.92. The second-order valence-electron chi connectivity index (χ2n) is 6.77. The number of rotatable bonds is 8. The second-order valence-corrected chi connectivity index (χ2v) is 7.21. The van der Waals surface area contributed by atoms with Gasteiger partial charge in [-0.1, -0.05) is 23.7 Å².